The minimum atomic E-state index is -3.71. The number of fused-ring (bicyclic) bond motifs is 1. The lowest BCUT2D eigenvalue weighted by atomic mass is 9.98. The number of alkyl halides is 2. The van der Waals surface area contributed by atoms with Gasteiger partial charge in [-0.2, -0.15) is 5.10 Å². The van der Waals surface area contributed by atoms with Crippen molar-refractivity contribution < 1.29 is 22.7 Å². The highest BCUT2D eigenvalue weighted by atomic mass is 79.9. The zero-order chi connectivity index (χ0) is 24.5. The molecule has 0 atom stereocenters. The summed E-state index contributed by atoms with van der Waals surface area (Å²) in [6.45, 7) is 9.30. The van der Waals surface area contributed by atoms with Crippen LogP contribution in [0.5, 0.6) is 11.5 Å². The first-order chi connectivity index (χ1) is 16.7. The molecule has 1 aliphatic heterocycles. The Labute approximate surface area is 207 Å². The third-order valence-corrected chi connectivity index (χ3v) is 6.70. The number of hydrogen-bond donors (Lipinski definition) is 0. The maximum Gasteiger partial charge on any atom is 0.586 e. The van der Waals surface area contributed by atoms with E-state index in [-0.39, 0.29) is 11.5 Å². The van der Waals surface area contributed by atoms with Gasteiger partial charge in [0.2, 0.25) is 0 Å². The Hall–Kier alpha value is -3.71. The van der Waals surface area contributed by atoms with Crippen molar-refractivity contribution in [3.8, 4) is 45.3 Å². The van der Waals surface area contributed by atoms with Gasteiger partial charge in [0.25, 0.3) is 5.54 Å². The van der Waals surface area contributed by atoms with Crippen molar-refractivity contribution in [2.45, 2.75) is 31.6 Å². The molecule has 0 N–H and O–H groups in total. The lowest BCUT2D eigenvalue weighted by Crippen LogP contribution is -2.25. The second-order valence-corrected chi connectivity index (χ2v) is 9.53. The first-order valence-electron chi connectivity index (χ1n) is 10.8. The Bertz CT molecular complexity index is 1550. The lowest BCUT2D eigenvalue weighted by molar-refractivity contribution is -0.286. The highest BCUT2D eigenvalue weighted by Crippen LogP contribution is 2.50. The van der Waals surface area contributed by atoms with Crippen LogP contribution in [0.15, 0.2) is 51.4 Å². The van der Waals surface area contributed by atoms with Crippen molar-refractivity contribution in [2.75, 3.05) is 0 Å². The molecule has 1 saturated carbocycles. The second kappa shape index (κ2) is 7.39. The van der Waals surface area contributed by atoms with Crippen LogP contribution in [-0.4, -0.2) is 21.1 Å². The molecule has 2 aromatic carbocycles. The topological polar surface area (TPSA) is 66.7 Å². The van der Waals surface area contributed by atoms with Gasteiger partial charge in [-0.1, -0.05) is 22.0 Å². The molecule has 0 radical (unpaired) electrons. The van der Waals surface area contributed by atoms with Crippen molar-refractivity contribution >= 4 is 15.9 Å². The van der Waals surface area contributed by atoms with Gasteiger partial charge in [-0.15, -0.1) is 8.78 Å². The van der Waals surface area contributed by atoms with Crippen LogP contribution >= 0.6 is 15.9 Å². The average molecular weight is 539 g/mol. The van der Waals surface area contributed by atoms with E-state index in [1.807, 2.05) is 31.3 Å². The van der Waals surface area contributed by atoms with Crippen LogP contribution in [0.1, 0.15) is 24.4 Å². The smallest absolute Gasteiger partial charge is 0.440 e. The summed E-state index contributed by atoms with van der Waals surface area (Å²) in [6.07, 6.45) is -2.11. The number of oxazole rings is 1. The number of aromatic nitrogens is 3. The standard InChI is InChI=1S/C25H17BrF2N4O3/c1-13-30-22(14-4-7-19-20(10-14)35-25(27,28)34-19)23(33-13)17-11-15(26)5-6-16(17)18-12-21(31-32(18)3)24(29-2)8-9-24/h4-7,10-12H,8-9H2,1,3H3. The molecular weight excluding hydrogens is 522 g/mol. The predicted octanol–water partition coefficient (Wildman–Crippen LogP) is 6.71. The maximum absolute atomic E-state index is 13.5. The Morgan fingerprint density at radius 1 is 1.06 bits per heavy atom. The number of ether oxygens (including phenoxy) is 2. The first kappa shape index (κ1) is 21.8. The molecule has 176 valence electrons. The Morgan fingerprint density at radius 2 is 1.83 bits per heavy atom. The van der Waals surface area contributed by atoms with Crippen LogP contribution < -0.4 is 9.47 Å². The first-order valence-corrected chi connectivity index (χ1v) is 11.6. The molecule has 0 bridgehead atoms. The predicted molar refractivity (Wildman–Crippen MR) is 126 cm³/mol. The van der Waals surface area contributed by atoms with Crippen molar-refractivity contribution in [3.05, 3.63) is 69.9 Å². The summed E-state index contributed by atoms with van der Waals surface area (Å²) in [6, 6.07) is 12.2. The van der Waals surface area contributed by atoms with E-state index >= 15 is 0 Å². The fourth-order valence-electron chi connectivity index (χ4n) is 4.32. The van der Waals surface area contributed by atoms with Gasteiger partial charge >= 0.3 is 6.29 Å². The highest BCUT2D eigenvalue weighted by molar-refractivity contribution is 9.10. The molecule has 0 amide bonds. The zero-order valence-electron chi connectivity index (χ0n) is 18.6. The van der Waals surface area contributed by atoms with Gasteiger partial charge in [0, 0.05) is 48.0 Å². The molecule has 3 heterocycles. The summed E-state index contributed by atoms with van der Waals surface area (Å²) < 4.78 is 44.9. The zero-order valence-corrected chi connectivity index (χ0v) is 20.2. The quantitative estimate of drug-likeness (QED) is 0.270. The van der Waals surface area contributed by atoms with Crippen LogP contribution in [0.3, 0.4) is 0 Å². The van der Waals surface area contributed by atoms with E-state index in [4.69, 9.17) is 11.0 Å². The molecule has 0 spiro atoms. The molecule has 35 heavy (non-hydrogen) atoms. The normalized spacial score (nSPS) is 16.8. The van der Waals surface area contributed by atoms with Crippen molar-refractivity contribution in [1.82, 2.24) is 14.8 Å². The summed E-state index contributed by atoms with van der Waals surface area (Å²) in [4.78, 5) is 8.35. The van der Waals surface area contributed by atoms with Gasteiger partial charge in [-0.3, -0.25) is 4.68 Å². The van der Waals surface area contributed by atoms with E-state index in [0.717, 1.165) is 39.8 Å². The average Bonchev–Trinajstić information content (AvgIpc) is 3.21. The van der Waals surface area contributed by atoms with Gasteiger partial charge in [0.15, 0.2) is 23.1 Å². The van der Waals surface area contributed by atoms with E-state index < -0.39 is 11.8 Å². The Morgan fingerprint density at radius 3 is 2.57 bits per heavy atom. The SMILES string of the molecule is [C-]#[N+]C1(c2cc(-c3ccc(Br)cc3-c3oc(C)nc3-c3ccc4c(c3)OC(F)(F)O4)n(C)n2)CC1. The van der Waals surface area contributed by atoms with Gasteiger partial charge in [0.05, 0.1) is 5.69 Å². The van der Waals surface area contributed by atoms with Crippen LogP contribution in [0.2, 0.25) is 0 Å². The van der Waals surface area contributed by atoms with Crippen molar-refractivity contribution in [2.24, 2.45) is 7.05 Å². The molecule has 6 rings (SSSR count). The van der Waals surface area contributed by atoms with Crippen molar-refractivity contribution in [3.63, 3.8) is 0 Å². The molecule has 2 aromatic heterocycles. The van der Waals surface area contributed by atoms with Gasteiger partial charge in [0.1, 0.15) is 11.4 Å². The summed E-state index contributed by atoms with van der Waals surface area (Å²) in [5.41, 5.74) is 3.63. The van der Waals surface area contributed by atoms with Gasteiger partial charge in [-0.05, 0) is 36.4 Å². The highest BCUT2D eigenvalue weighted by Gasteiger charge is 2.55. The number of hydrogen-bond acceptors (Lipinski definition) is 5. The van der Waals surface area contributed by atoms with E-state index in [1.165, 1.54) is 12.1 Å². The maximum atomic E-state index is 13.5. The minimum absolute atomic E-state index is 0.0418. The number of nitrogens with zero attached hydrogens (tertiary/aromatic N) is 4. The number of rotatable bonds is 4. The molecule has 1 aliphatic carbocycles. The molecule has 7 nitrogen and oxygen atoms in total. The van der Waals surface area contributed by atoms with E-state index in [1.54, 1.807) is 17.7 Å². The number of benzene rings is 2. The third kappa shape index (κ3) is 3.58. The van der Waals surface area contributed by atoms with Crippen LogP contribution in [-0.2, 0) is 12.6 Å². The van der Waals surface area contributed by atoms with E-state index in [9.17, 15) is 8.78 Å². The summed E-state index contributed by atoms with van der Waals surface area (Å²) in [5.74, 6) is 0.775. The van der Waals surface area contributed by atoms with E-state index in [0.29, 0.717) is 22.9 Å². The van der Waals surface area contributed by atoms with Crippen LogP contribution in [0.4, 0.5) is 8.78 Å². The fourth-order valence-corrected chi connectivity index (χ4v) is 4.68. The molecule has 0 saturated heterocycles. The largest absolute Gasteiger partial charge is 0.586 e. The Kier molecular flexibility index (Phi) is 4.60. The molecule has 10 heteroatoms. The molecule has 0 unspecified atom stereocenters. The fraction of sp³-hybridized carbons (Fsp3) is 0.240. The number of halogens is 3. The second-order valence-electron chi connectivity index (χ2n) is 8.61. The molecular formula is C25H17BrF2N4O3. The van der Waals surface area contributed by atoms with Crippen LogP contribution in [0, 0.1) is 13.5 Å². The van der Waals surface area contributed by atoms with Gasteiger partial charge in [-0.25, -0.2) is 11.6 Å². The lowest BCUT2D eigenvalue weighted by Gasteiger charge is -2.10. The summed E-state index contributed by atoms with van der Waals surface area (Å²) in [5, 5.41) is 4.63. The molecule has 2 aliphatic rings. The Balaban J connectivity index is 1.49. The minimum Gasteiger partial charge on any atom is -0.440 e. The number of aryl methyl sites for hydroxylation is 2. The third-order valence-electron chi connectivity index (χ3n) is 6.21. The van der Waals surface area contributed by atoms with Gasteiger partial charge < -0.3 is 18.7 Å². The van der Waals surface area contributed by atoms with Crippen LogP contribution in [0.25, 0.3) is 38.7 Å². The summed E-state index contributed by atoms with van der Waals surface area (Å²) >= 11 is 3.54. The molecule has 4 aromatic rings. The monoisotopic (exact) mass is 538 g/mol. The summed E-state index contributed by atoms with van der Waals surface area (Å²) in [7, 11) is 1.84. The van der Waals surface area contributed by atoms with Crippen molar-refractivity contribution in [1.29, 1.82) is 0 Å². The molecule has 1 fully saturated rings. The van der Waals surface area contributed by atoms with E-state index in [2.05, 4.69) is 40.3 Å².